The number of nitrogens with one attached hydrogen (secondary N) is 1. The molecule has 0 aromatic rings. The molecule has 4 nitrogen and oxygen atoms in total. The lowest BCUT2D eigenvalue weighted by Crippen LogP contribution is -2.50. The first-order valence-electron chi connectivity index (χ1n) is 8.79. The van der Waals surface area contributed by atoms with E-state index in [0.29, 0.717) is 30.5 Å². The highest BCUT2D eigenvalue weighted by molar-refractivity contribution is 5.74. The minimum absolute atomic E-state index is 0.104. The molecule has 2 atom stereocenters. The fourth-order valence-electron chi connectivity index (χ4n) is 4.03. The Morgan fingerprint density at radius 2 is 1.81 bits per heavy atom. The lowest BCUT2D eigenvalue weighted by atomic mass is 9.83. The van der Waals surface area contributed by atoms with Crippen molar-refractivity contribution in [2.24, 2.45) is 11.8 Å². The van der Waals surface area contributed by atoms with Gasteiger partial charge in [-0.25, -0.2) is 4.79 Å². The molecule has 0 spiro atoms. The van der Waals surface area contributed by atoms with E-state index in [1.54, 1.807) is 0 Å². The van der Waals surface area contributed by atoms with Crippen molar-refractivity contribution in [2.75, 3.05) is 13.7 Å². The molecule has 0 radical (unpaired) electrons. The lowest BCUT2D eigenvalue weighted by molar-refractivity contribution is 0.128. The molecule has 21 heavy (non-hydrogen) atoms. The van der Waals surface area contributed by atoms with E-state index in [0.717, 1.165) is 38.5 Å². The Kier molecular flexibility index (Phi) is 6.34. The second-order valence-corrected chi connectivity index (χ2v) is 6.98. The van der Waals surface area contributed by atoms with Crippen molar-refractivity contribution < 1.29 is 9.90 Å². The largest absolute Gasteiger partial charge is 0.396 e. The van der Waals surface area contributed by atoms with Gasteiger partial charge in [0.15, 0.2) is 0 Å². The molecule has 2 saturated carbocycles. The van der Waals surface area contributed by atoms with Gasteiger partial charge >= 0.3 is 6.03 Å². The van der Waals surface area contributed by atoms with Crippen LogP contribution in [0.2, 0.25) is 0 Å². The Bertz CT molecular complexity index is 327. The maximum Gasteiger partial charge on any atom is 0.317 e. The van der Waals surface area contributed by atoms with Crippen LogP contribution in [0.15, 0.2) is 0 Å². The number of aliphatic hydroxyl groups is 1. The molecule has 0 aliphatic heterocycles. The fourth-order valence-corrected chi connectivity index (χ4v) is 4.03. The van der Waals surface area contributed by atoms with Gasteiger partial charge in [0.1, 0.15) is 0 Å². The Morgan fingerprint density at radius 3 is 2.43 bits per heavy atom. The van der Waals surface area contributed by atoms with E-state index in [-0.39, 0.29) is 6.03 Å². The van der Waals surface area contributed by atoms with Crippen molar-refractivity contribution >= 4 is 6.03 Å². The first-order valence-corrected chi connectivity index (χ1v) is 8.79. The molecule has 2 rings (SSSR count). The molecule has 122 valence electrons. The zero-order valence-electron chi connectivity index (χ0n) is 13.7. The van der Waals surface area contributed by atoms with Crippen LogP contribution in [0.25, 0.3) is 0 Å². The molecular formula is C17H32N2O2. The van der Waals surface area contributed by atoms with Crippen molar-refractivity contribution in [3.8, 4) is 0 Å². The van der Waals surface area contributed by atoms with Crippen LogP contribution in [0, 0.1) is 11.8 Å². The van der Waals surface area contributed by atoms with Crippen molar-refractivity contribution in [2.45, 2.75) is 76.8 Å². The third-order valence-electron chi connectivity index (χ3n) is 5.68. The van der Waals surface area contributed by atoms with Crippen molar-refractivity contribution in [3.05, 3.63) is 0 Å². The SMILES string of the molecule is CCC1CCCCC1NC(=O)N(C)C1CCC(CO)CC1. The summed E-state index contributed by atoms with van der Waals surface area (Å²) in [6, 6.07) is 0.816. The van der Waals surface area contributed by atoms with Crippen LogP contribution in [0.4, 0.5) is 4.79 Å². The minimum Gasteiger partial charge on any atom is -0.396 e. The monoisotopic (exact) mass is 296 g/mol. The van der Waals surface area contributed by atoms with E-state index in [2.05, 4.69) is 12.2 Å². The van der Waals surface area contributed by atoms with E-state index >= 15 is 0 Å². The van der Waals surface area contributed by atoms with Crippen LogP contribution < -0.4 is 5.32 Å². The smallest absolute Gasteiger partial charge is 0.317 e. The number of rotatable bonds is 4. The fraction of sp³-hybridized carbons (Fsp3) is 0.941. The molecular weight excluding hydrogens is 264 g/mol. The molecule has 0 heterocycles. The number of aliphatic hydroxyl groups excluding tert-OH is 1. The number of amides is 2. The molecule has 2 unspecified atom stereocenters. The highest BCUT2D eigenvalue weighted by atomic mass is 16.3. The van der Waals surface area contributed by atoms with Crippen LogP contribution in [0.5, 0.6) is 0 Å². The van der Waals surface area contributed by atoms with Crippen LogP contribution in [-0.2, 0) is 0 Å². The molecule has 2 amide bonds. The molecule has 2 fully saturated rings. The number of hydrogen-bond acceptors (Lipinski definition) is 2. The summed E-state index contributed by atoms with van der Waals surface area (Å²) in [5.74, 6) is 1.10. The summed E-state index contributed by atoms with van der Waals surface area (Å²) in [5.41, 5.74) is 0. The summed E-state index contributed by atoms with van der Waals surface area (Å²) < 4.78 is 0. The van der Waals surface area contributed by atoms with Gasteiger partial charge in [0.25, 0.3) is 0 Å². The van der Waals surface area contributed by atoms with Gasteiger partial charge in [-0.2, -0.15) is 0 Å². The van der Waals surface area contributed by atoms with Crippen LogP contribution >= 0.6 is 0 Å². The highest BCUT2D eigenvalue weighted by Crippen LogP contribution is 2.29. The van der Waals surface area contributed by atoms with Crippen molar-refractivity contribution in [1.29, 1.82) is 0 Å². The number of nitrogens with zero attached hydrogens (tertiary/aromatic N) is 1. The Morgan fingerprint density at radius 1 is 1.14 bits per heavy atom. The maximum absolute atomic E-state index is 12.5. The minimum atomic E-state index is 0.104. The predicted octanol–water partition coefficient (Wildman–Crippen LogP) is 3.15. The second kappa shape index (κ2) is 8.02. The van der Waals surface area contributed by atoms with E-state index < -0.39 is 0 Å². The Hall–Kier alpha value is -0.770. The molecule has 0 aromatic carbocycles. The maximum atomic E-state index is 12.5. The topological polar surface area (TPSA) is 52.6 Å². The summed E-state index contributed by atoms with van der Waals surface area (Å²) >= 11 is 0. The van der Waals surface area contributed by atoms with E-state index in [1.807, 2.05) is 11.9 Å². The summed E-state index contributed by atoms with van der Waals surface area (Å²) in [5, 5.41) is 12.5. The molecule has 2 aliphatic carbocycles. The van der Waals surface area contributed by atoms with E-state index in [9.17, 15) is 9.90 Å². The molecule has 0 bridgehead atoms. The Balaban J connectivity index is 1.82. The van der Waals surface area contributed by atoms with Crippen LogP contribution in [-0.4, -0.2) is 41.8 Å². The highest BCUT2D eigenvalue weighted by Gasteiger charge is 2.29. The first-order chi connectivity index (χ1) is 10.2. The van der Waals surface area contributed by atoms with Gasteiger partial charge in [0.05, 0.1) is 0 Å². The van der Waals surface area contributed by atoms with Crippen LogP contribution in [0.1, 0.15) is 64.7 Å². The standard InChI is InChI=1S/C17H32N2O2/c1-3-14-6-4-5-7-16(14)18-17(21)19(2)15-10-8-13(12-20)9-11-15/h13-16,20H,3-12H2,1-2H3,(H,18,21). The number of carbonyl (C=O) groups excluding carboxylic acids is 1. The van der Waals surface area contributed by atoms with Gasteiger partial charge in [-0.3, -0.25) is 0 Å². The quantitative estimate of drug-likeness (QED) is 0.837. The van der Waals surface area contributed by atoms with E-state index in [4.69, 9.17) is 0 Å². The molecule has 0 aromatic heterocycles. The van der Waals surface area contributed by atoms with Gasteiger partial charge in [-0.15, -0.1) is 0 Å². The normalized spacial score (nSPS) is 33.5. The van der Waals surface area contributed by atoms with Crippen molar-refractivity contribution in [3.63, 3.8) is 0 Å². The molecule has 0 saturated heterocycles. The first kappa shape index (κ1) is 16.6. The molecule has 2 aliphatic rings. The summed E-state index contributed by atoms with van der Waals surface area (Å²) in [7, 11) is 1.93. The van der Waals surface area contributed by atoms with E-state index in [1.165, 1.54) is 19.3 Å². The predicted molar refractivity (Wildman–Crippen MR) is 85.2 cm³/mol. The lowest BCUT2D eigenvalue weighted by Gasteiger charge is -2.37. The Labute approximate surface area is 129 Å². The zero-order valence-corrected chi connectivity index (χ0v) is 13.7. The van der Waals surface area contributed by atoms with Gasteiger partial charge in [0, 0.05) is 25.7 Å². The number of carbonyl (C=O) groups is 1. The third kappa shape index (κ3) is 4.35. The molecule has 2 N–H and O–H groups in total. The van der Waals surface area contributed by atoms with Gasteiger partial charge < -0.3 is 15.3 Å². The number of hydrogen-bond donors (Lipinski definition) is 2. The van der Waals surface area contributed by atoms with Gasteiger partial charge in [-0.05, 0) is 50.4 Å². The second-order valence-electron chi connectivity index (χ2n) is 6.98. The van der Waals surface area contributed by atoms with Gasteiger partial charge in [-0.1, -0.05) is 26.2 Å². The molecule has 4 heteroatoms. The van der Waals surface area contributed by atoms with Crippen molar-refractivity contribution in [1.82, 2.24) is 10.2 Å². The summed E-state index contributed by atoms with van der Waals surface area (Å²) in [4.78, 5) is 14.4. The zero-order chi connectivity index (χ0) is 15.2. The average molecular weight is 296 g/mol. The summed E-state index contributed by atoms with van der Waals surface area (Å²) in [6.45, 7) is 2.53. The summed E-state index contributed by atoms with van der Waals surface area (Å²) in [6.07, 6.45) is 10.2. The van der Waals surface area contributed by atoms with Crippen LogP contribution in [0.3, 0.4) is 0 Å². The van der Waals surface area contributed by atoms with Gasteiger partial charge in [0.2, 0.25) is 0 Å². The average Bonchev–Trinajstić information content (AvgIpc) is 2.54. The third-order valence-corrected chi connectivity index (χ3v) is 5.68. The number of urea groups is 1.